The molecule has 2 fully saturated rings. The number of pyridine rings is 2. The third-order valence-electron chi connectivity index (χ3n) is 8.25. The quantitative estimate of drug-likeness (QED) is 0.343. The topological polar surface area (TPSA) is 98.3 Å². The van der Waals surface area contributed by atoms with Gasteiger partial charge in [0.2, 0.25) is 0 Å². The molecule has 1 aromatic carbocycles. The molecule has 2 aromatic heterocycles. The summed E-state index contributed by atoms with van der Waals surface area (Å²) in [5.41, 5.74) is 2.84. The van der Waals surface area contributed by atoms with E-state index in [-0.39, 0.29) is 42.7 Å². The molecule has 1 aliphatic heterocycles. The van der Waals surface area contributed by atoms with Crippen LogP contribution in [0.1, 0.15) is 59.8 Å². The Kier molecular flexibility index (Phi) is 7.07. The number of carbonyl (C=O) groups excluding carboxylic acids is 1. The second-order valence-corrected chi connectivity index (χ2v) is 10.9. The zero-order chi connectivity index (χ0) is 28.1. The number of alkyl halides is 1. The summed E-state index contributed by atoms with van der Waals surface area (Å²) >= 11 is 0. The number of aromatic nitrogens is 2. The molecule has 0 radical (unpaired) electrons. The van der Waals surface area contributed by atoms with Crippen LogP contribution in [0.25, 0.3) is 11.3 Å². The van der Waals surface area contributed by atoms with E-state index in [4.69, 9.17) is 10.5 Å². The number of carbonyl (C=O) groups is 1. The summed E-state index contributed by atoms with van der Waals surface area (Å²) in [5.74, 6) is -4.02. The molecule has 206 valence electrons. The molecule has 1 aliphatic carbocycles. The van der Waals surface area contributed by atoms with Gasteiger partial charge in [-0.3, -0.25) is 9.78 Å². The Hall–Kier alpha value is -3.21. The molecule has 6 nitrogen and oxygen atoms in total. The fourth-order valence-corrected chi connectivity index (χ4v) is 5.45. The van der Waals surface area contributed by atoms with Crippen LogP contribution in [0.4, 0.5) is 17.6 Å². The molecule has 4 atom stereocenters. The lowest BCUT2D eigenvalue weighted by Crippen LogP contribution is -2.54. The number of ketones is 1. The number of aliphatic hydroxyl groups is 1. The lowest BCUT2D eigenvalue weighted by molar-refractivity contribution is -0.135. The number of rotatable bonds is 6. The fourth-order valence-electron chi connectivity index (χ4n) is 5.45. The number of hydrogen-bond donors (Lipinski definition) is 2. The summed E-state index contributed by atoms with van der Waals surface area (Å²) in [7, 11) is 0. The van der Waals surface area contributed by atoms with Gasteiger partial charge in [-0.25, -0.2) is 22.5 Å². The minimum Gasteiger partial charge on any atom is -0.388 e. The fraction of sp³-hybridized carbons (Fsp3) is 0.414. The molecular formula is C29H29F4N3O3. The average molecular weight is 544 g/mol. The summed E-state index contributed by atoms with van der Waals surface area (Å²) in [6.07, 6.45) is 4.22. The van der Waals surface area contributed by atoms with Crippen LogP contribution >= 0.6 is 0 Å². The van der Waals surface area contributed by atoms with Crippen molar-refractivity contribution in [1.29, 1.82) is 0 Å². The molecular weight excluding hydrogens is 514 g/mol. The van der Waals surface area contributed by atoms with E-state index in [9.17, 15) is 27.5 Å². The van der Waals surface area contributed by atoms with E-state index >= 15 is 0 Å². The van der Waals surface area contributed by atoms with E-state index in [0.717, 1.165) is 29.8 Å². The largest absolute Gasteiger partial charge is 0.388 e. The first kappa shape index (κ1) is 27.4. The Labute approximate surface area is 223 Å². The van der Waals surface area contributed by atoms with Crippen LogP contribution in [0.5, 0.6) is 0 Å². The van der Waals surface area contributed by atoms with Crippen molar-refractivity contribution >= 4 is 5.78 Å². The Bertz CT molecular complexity index is 1390. The molecule has 1 saturated carbocycles. The van der Waals surface area contributed by atoms with Gasteiger partial charge in [-0.2, -0.15) is 0 Å². The first-order valence-corrected chi connectivity index (χ1v) is 12.8. The molecule has 3 N–H and O–H groups in total. The van der Waals surface area contributed by atoms with Crippen LogP contribution in [-0.2, 0) is 16.8 Å². The van der Waals surface area contributed by atoms with E-state index in [1.54, 1.807) is 19.3 Å². The van der Waals surface area contributed by atoms with Crippen LogP contribution in [-0.4, -0.2) is 45.7 Å². The first-order chi connectivity index (χ1) is 18.4. The predicted molar refractivity (Wildman–Crippen MR) is 135 cm³/mol. The minimum atomic E-state index is -2.01. The zero-order valence-corrected chi connectivity index (χ0v) is 21.6. The van der Waals surface area contributed by atoms with Gasteiger partial charge in [0.15, 0.2) is 11.5 Å². The van der Waals surface area contributed by atoms with Gasteiger partial charge < -0.3 is 15.6 Å². The number of benzene rings is 1. The summed E-state index contributed by atoms with van der Waals surface area (Å²) in [4.78, 5) is 21.4. The molecule has 3 aromatic rings. The van der Waals surface area contributed by atoms with Crippen molar-refractivity contribution < 1.29 is 32.2 Å². The monoisotopic (exact) mass is 543 g/mol. The van der Waals surface area contributed by atoms with Crippen molar-refractivity contribution in [3.05, 3.63) is 82.6 Å². The number of hydrogen-bond acceptors (Lipinski definition) is 6. The maximum atomic E-state index is 14.9. The third-order valence-corrected chi connectivity index (χ3v) is 8.25. The molecule has 1 saturated heterocycles. The lowest BCUT2D eigenvalue weighted by atomic mass is 9.67. The van der Waals surface area contributed by atoms with Crippen LogP contribution in [0, 0.1) is 23.4 Å². The van der Waals surface area contributed by atoms with E-state index in [0.29, 0.717) is 18.4 Å². The maximum absolute atomic E-state index is 14.9. The van der Waals surface area contributed by atoms with Crippen LogP contribution in [0.15, 0.2) is 42.7 Å². The van der Waals surface area contributed by atoms with Gasteiger partial charge in [0.25, 0.3) is 0 Å². The molecule has 3 heterocycles. The number of nitrogens with two attached hydrogens (primary N) is 1. The van der Waals surface area contributed by atoms with Crippen LogP contribution in [0.2, 0.25) is 0 Å². The van der Waals surface area contributed by atoms with E-state index in [1.165, 1.54) is 0 Å². The molecule has 5 rings (SSSR count). The Morgan fingerprint density at radius 3 is 2.44 bits per heavy atom. The van der Waals surface area contributed by atoms with Crippen molar-refractivity contribution in [3.8, 4) is 11.3 Å². The number of nitrogens with zero attached hydrogens (tertiary/aromatic N) is 2. The van der Waals surface area contributed by atoms with E-state index < -0.39 is 51.8 Å². The molecule has 0 spiro atoms. The summed E-state index contributed by atoms with van der Waals surface area (Å²) in [6, 6.07) is 5.03. The summed E-state index contributed by atoms with van der Waals surface area (Å²) in [5, 5.41) is 10.7. The van der Waals surface area contributed by atoms with Gasteiger partial charge in [0.05, 0.1) is 24.4 Å². The standard InChI is InChI=1S/C29H29F4N3O3/c1-15-7-16(9-25(34)28(15,2)38)19-5-6-35-12-17(19)8-24(37)23-4-3-20(30)27(36-23)26-21(31)10-18(11-22(26)32)29(33)13-39-14-29/h3-6,10-12,15-16,25,38H,7-9,13-14,34H2,1-2H3/t15-,16+,25+,28+/m0/s1. The zero-order valence-electron chi connectivity index (χ0n) is 21.6. The third kappa shape index (κ3) is 4.97. The number of ether oxygens (including phenoxy) is 1. The smallest absolute Gasteiger partial charge is 0.185 e. The number of Topliss-reactive ketones (excluding diaryl/α,β-unsaturated/α-hetero) is 1. The highest BCUT2D eigenvalue weighted by molar-refractivity contribution is 5.96. The molecule has 2 aliphatic rings. The van der Waals surface area contributed by atoms with Gasteiger partial charge in [-0.05, 0) is 78.6 Å². The second kappa shape index (κ2) is 10.1. The van der Waals surface area contributed by atoms with Gasteiger partial charge in [0.1, 0.15) is 28.8 Å². The van der Waals surface area contributed by atoms with Crippen LogP contribution < -0.4 is 5.73 Å². The van der Waals surface area contributed by atoms with Crippen molar-refractivity contribution in [2.45, 2.75) is 56.3 Å². The predicted octanol–water partition coefficient (Wildman–Crippen LogP) is 4.77. The second-order valence-electron chi connectivity index (χ2n) is 10.9. The highest BCUT2D eigenvalue weighted by Crippen LogP contribution is 2.42. The van der Waals surface area contributed by atoms with E-state index in [1.807, 2.05) is 13.0 Å². The molecule has 0 unspecified atom stereocenters. The average Bonchev–Trinajstić information content (AvgIpc) is 2.86. The van der Waals surface area contributed by atoms with Crippen molar-refractivity contribution in [3.63, 3.8) is 0 Å². The lowest BCUT2D eigenvalue weighted by Gasteiger charge is -2.44. The Morgan fingerprint density at radius 2 is 1.82 bits per heavy atom. The summed E-state index contributed by atoms with van der Waals surface area (Å²) in [6.45, 7) is 3.00. The number of halogens is 4. The normalized spacial score (nSPS) is 26.2. The van der Waals surface area contributed by atoms with Gasteiger partial charge in [0, 0.05) is 24.9 Å². The molecule has 10 heteroatoms. The van der Waals surface area contributed by atoms with Crippen molar-refractivity contribution in [2.75, 3.05) is 13.2 Å². The van der Waals surface area contributed by atoms with Crippen molar-refractivity contribution in [1.82, 2.24) is 9.97 Å². The first-order valence-electron chi connectivity index (χ1n) is 12.8. The van der Waals surface area contributed by atoms with Crippen LogP contribution in [0.3, 0.4) is 0 Å². The molecule has 39 heavy (non-hydrogen) atoms. The van der Waals surface area contributed by atoms with Gasteiger partial charge in [-0.1, -0.05) is 6.92 Å². The summed E-state index contributed by atoms with van der Waals surface area (Å²) < 4.78 is 64.0. The van der Waals surface area contributed by atoms with E-state index in [2.05, 4.69) is 9.97 Å². The van der Waals surface area contributed by atoms with Gasteiger partial charge >= 0.3 is 0 Å². The highest BCUT2D eigenvalue weighted by Gasteiger charge is 2.43. The van der Waals surface area contributed by atoms with Crippen molar-refractivity contribution in [2.24, 2.45) is 11.7 Å². The SMILES string of the molecule is C[C@H]1C[C@@H](c2ccncc2CC(=O)c2ccc(F)c(-c3c(F)cc(C4(F)COC4)cc3F)n2)C[C@@H](N)[C@]1(C)O. The molecule has 0 bridgehead atoms. The highest BCUT2D eigenvalue weighted by atomic mass is 19.2. The van der Waals surface area contributed by atoms with Gasteiger partial charge in [-0.15, -0.1) is 0 Å². The minimum absolute atomic E-state index is 0.0145. The Morgan fingerprint density at radius 1 is 1.13 bits per heavy atom. The molecule has 0 amide bonds. The maximum Gasteiger partial charge on any atom is 0.185 e. The Balaban J connectivity index is 1.43.